The fourth-order valence-electron chi connectivity index (χ4n) is 0.0797. The minimum absolute atomic E-state index is 0.00231. The van der Waals surface area contributed by atoms with Crippen molar-refractivity contribution in [1.82, 2.24) is 0 Å². The molecule has 0 spiro atoms. The Labute approximate surface area is 53.2 Å². The van der Waals surface area contributed by atoms with Crippen LogP contribution in [-0.2, 0) is 0 Å². The second-order valence-electron chi connectivity index (χ2n) is 0.704. The molecule has 0 atom stereocenters. The lowest BCUT2D eigenvalue weighted by Gasteiger charge is -1.74. The van der Waals surface area contributed by atoms with Gasteiger partial charge in [-0.3, -0.25) is 10.1 Å². The van der Waals surface area contributed by atoms with Crippen LogP contribution < -0.4 is 0 Å². The van der Waals surface area contributed by atoms with Crippen LogP contribution in [0.3, 0.4) is 0 Å². The smallest absolute Gasteiger partial charge is 0.259 e. The van der Waals surface area contributed by atoms with E-state index in [1.807, 2.05) is 0 Å². The van der Waals surface area contributed by atoms with E-state index in [-0.39, 0.29) is 3.94 Å². The lowest BCUT2D eigenvalue weighted by Crippen LogP contribution is -1.80. The molecule has 0 aliphatic heterocycles. The van der Waals surface area contributed by atoms with Gasteiger partial charge in [-0.25, -0.2) is 0 Å². The topological polar surface area (TPSA) is 43.1 Å². The summed E-state index contributed by atoms with van der Waals surface area (Å²) in [6, 6.07) is 0. The van der Waals surface area contributed by atoms with E-state index < -0.39 is 4.92 Å². The third-order valence-corrected chi connectivity index (χ3v) is 0.505. The Hall–Kier alpha value is -0.0900. The summed E-state index contributed by atoms with van der Waals surface area (Å²) in [6.07, 6.45) is 0.654. The summed E-state index contributed by atoms with van der Waals surface area (Å²) >= 11 is 7.67. The Kier molecular flexibility index (Phi) is 2.95. The predicted octanol–water partition coefficient (Wildman–Crippen LogP) is 1.70. The normalized spacial score (nSPS) is 11.4. The van der Waals surface area contributed by atoms with Gasteiger partial charge in [0.05, 0.1) is 4.92 Å². The van der Waals surface area contributed by atoms with Crippen LogP contribution in [0.25, 0.3) is 0 Å². The third-order valence-electron chi connectivity index (χ3n) is 0.203. The number of halogens is 2. The molecule has 0 aromatic heterocycles. The van der Waals surface area contributed by atoms with Gasteiger partial charge >= 0.3 is 0 Å². The van der Waals surface area contributed by atoms with E-state index >= 15 is 0 Å². The van der Waals surface area contributed by atoms with Gasteiger partial charge in [0.15, 0.2) is 3.94 Å². The number of hydrogen-bond acceptors (Lipinski definition) is 2. The van der Waals surface area contributed by atoms with Crippen LogP contribution in [0.5, 0.6) is 0 Å². The molecule has 0 saturated carbocycles. The average molecular weight is 186 g/mol. The van der Waals surface area contributed by atoms with Gasteiger partial charge in [-0.05, 0) is 15.9 Å². The minimum Gasteiger partial charge on any atom is -0.259 e. The molecule has 0 aliphatic rings. The SMILES string of the molecule is O=[N+]([O-])/C=C(\Cl)Br. The van der Waals surface area contributed by atoms with Crippen LogP contribution in [-0.4, -0.2) is 4.92 Å². The standard InChI is InChI=1S/C2HBrClNO2/c3-2(4)1-5(6)7/h1H/b2-1-. The molecule has 0 saturated heterocycles. The van der Waals surface area contributed by atoms with Crippen molar-refractivity contribution < 1.29 is 4.92 Å². The Balaban J connectivity index is 3.68. The first-order chi connectivity index (χ1) is 3.13. The molecule has 40 valence electrons. The summed E-state index contributed by atoms with van der Waals surface area (Å²) in [5.41, 5.74) is 0. The van der Waals surface area contributed by atoms with E-state index in [0.717, 1.165) is 0 Å². The average Bonchev–Trinajstić information content (AvgIpc) is 1.27. The van der Waals surface area contributed by atoms with E-state index in [9.17, 15) is 10.1 Å². The van der Waals surface area contributed by atoms with Gasteiger partial charge in [-0.2, -0.15) is 0 Å². The van der Waals surface area contributed by atoms with Crippen LogP contribution >= 0.6 is 27.5 Å². The monoisotopic (exact) mass is 185 g/mol. The molecule has 0 amide bonds. The quantitative estimate of drug-likeness (QED) is 0.462. The van der Waals surface area contributed by atoms with Gasteiger partial charge in [-0.1, -0.05) is 11.6 Å². The van der Waals surface area contributed by atoms with Gasteiger partial charge < -0.3 is 0 Å². The molecule has 0 rings (SSSR count). The maximum Gasteiger partial charge on any atom is 0.259 e. The Morgan fingerprint density at radius 1 is 2.00 bits per heavy atom. The van der Waals surface area contributed by atoms with E-state index in [1.165, 1.54) is 0 Å². The lowest BCUT2D eigenvalue weighted by atomic mass is 11.1. The molecule has 0 aromatic rings. The molecule has 0 aliphatic carbocycles. The molecular weight excluding hydrogens is 185 g/mol. The largest absolute Gasteiger partial charge is 0.259 e. The van der Waals surface area contributed by atoms with Crippen molar-refractivity contribution in [1.29, 1.82) is 0 Å². The van der Waals surface area contributed by atoms with Crippen molar-refractivity contribution >= 4 is 27.5 Å². The summed E-state index contributed by atoms with van der Waals surface area (Å²) in [7, 11) is 0. The molecule has 0 N–H and O–H groups in total. The third kappa shape index (κ3) is 5.91. The summed E-state index contributed by atoms with van der Waals surface area (Å²) in [6.45, 7) is 0. The zero-order valence-electron chi connectivity index (χ0n) is 3.10. The maximum absolute atomic E-state index is 9.42. The van der Waals surface area contributed by atoms with Crippen LogP contribution in [0, 0.1) is 10.1 Å². The van der Waals surface area contributed by atoms with Gasteiger partial charge in [0.1, 0.15) is 0 Å². The summed E-state index contributed by atoms with van der Waals surface area (Å²) in [5, 5.41) is 9.42. The number of hydrogen-bond donors (Lipinski definition) is 0. The molecule has 7 heavy (non-hydrogen) atoms. The van der Waals surface area contributed by atoms with Gasteiger partial charge in [-0.15, -0.1) is 0 Å². The van der Waals surface area contributed by atoms with Crippen molar-refractivity contribution in [3.8, 4) is 0 Å². The first-order valence-corrected chi connectivity index (χ1v) is 2.46. The van der Waals surface area contributed by atoms with Crippen molar-refractivity contribution in [3.63, 3.8) is 0 Å². The van der Waals surface area contributed by atoms with Crippen molar-refractivity contribution in [2.24, 2.45) is 0 Å². The predicted molar refractivity (Wildman–Crippen MR) is 29.9 cm³/mol. The molecule has 3 nitrogen and oxygen atoms in total. The Morgan fingerprint density at radius 3 is 2.43 bits per heavy atom. The lowest BCUT2D eigenvalue weighted by molar-refractivity contribution is -0.402. The van der Waals surface area contributed by atoms with Gasteiger partial charge in [0, 0.05) is 0 Å². The number of nitrogens with zero attached hydrogens (tertiary/aromatic N) is 1. The first kappa shape index (κ1) is 6.91. The highest BCUT2D eigenvalue weighted by Crippen LogP contribution is 2.07. The fraction of sp³-hybridized carbons (Fsp3) is 0. The Morgan fingerprint density at radius 2 is 2.43 bits per heavy atom. The van der Waals surface area contributed by atoms with Crippen molar-refractivity contribution in [2.75, 3.05) is 0 Å². The van der Waals surface area contributed by atoms with E-state index in [0.29, 0.717) is 6.20 Å². The van der Waals surface area contributed by atoms with Crippen LogP contribution in [0.15, 0.2) is 10.1 Å². The number of rotatable bonds is 1. The fourth-order valence-corrected chi connectivity index (χ4v) is 0.327. The molecule has 0 radical (unpaired) electrons. The highest BCUT2D eigenvalue weighted by atomic mass is 79.9. The van der Waals surface area contributed by atoms with Crippen molar-refractivity contribution in [3.05, 3.63) is 20.3 Å². The second kappa shape index (κ2) is 2.98. The van der Waals surface area contributed by atoms with Gasteiger partial charge in [0.25, 0.3) is 6.20 Å². The summed E-state index contributed by atoms with van der Waals surface area (Å²) < 4.78 is -0.00231. The van der Waals surface area contributed by atoms with Crippen LogP contribution in [0.1, 0.15) is 0 Å². The van der Waals surface area contributed by atoms with E-state index in [2.05, 4.69) is 15.9 Å². The second-order valence-corrected chi connectivity index (χ2v) is 2.42. The first-order valence-electron chi connectivity index (χ1n) is 1.29. The summed E-state index contributed by atoms with van der Waals surface area (Å²) in [4.78, 5) is 8.78. The van der Waals surface area contributed by atoms with Crippen LogP contribution in [0.2, 0.25) is 0 Å². The molecule has 0 aromatic carbocycles. The molecular formula is C2HBrClNO2. The van der Waals surface area contributed by atoms with E-state index in [4.69, 9.17) is 11.6 Å². The zero-order chi connectivity index (χ0) is 5.86. The molecule has 0 fully saturated rings. The maximum atomic E-state index is 9.42. The van der Waals surface area contributed by atoms with E-state index in [1.54, 1.807) is 0 Å². The highest BCUT2D eigenvalue weighted by Gasteiger charge is 1.88. The molecule has 0 unspecified atom stereocenters. The summed E-state index contributed by atoms with van der Waals surface area (Å²) in [5.74, 6) is 0. The zero-order valence-corrected chi connectivity index (χ0v) is 5.44. The van der Waals surface area contributed by atoms with Crippen molar-refractivity contribution in [2.45, 2.75) is 0 Å². The minimum atomic E-state index is -0.642. The molecule has 0 heterocycles. The van der Waals surface area contributed by atoms with Gasteiger partial charge in [0.2, 0.25) is 0 Å². The molecule has 0 bridgehead atoms. The highest BCUT2D eigenvalue weighted by molar-refractivity contribution is 9.12. The van der Waals surface area contributed by atoms with Crippen LogP contribution in [0.4, 0.5) is 0 Å². The molecule has 5 heteroatoms. The number of nitro groups is 1. The Bertz CT molecular complexity index is 108.